The fourth-order valence-electron chi connectivity index (χ4n) is 3.63. The average Bonchev–Trinajstić information content (AvgIpc) is 3.51. The van der Waals surface area contributed by atoms with E-state index in [9.17, 15) is 23.9 Å². The molecule has 4 rings (SSSR count). The molecule has 12 nitrogen and oxygen atoms in total. The van der Waals surface area contributed by atoms with E-state index >= 15 is 0 Å². The number of carbonyl (C=O) groups is 1. The molecule has 0 saturated carbocycles. The number of carboxylic acids is 1. The van der Waals surface area contributed by atoms with Gasteiger partial charge in [0, 0.05) is 19.2 Å². The van der Waals surface area contributed by atoms with Crippen molar-refractivity contribution in [2.24, 2.45) is 0 Å². The Kier molecular flexibility index (Phi) is 9.27. The van der Waals surface area contributed by atoms with Crippen LogP contribution >= 0.6 is 11.3 Å². The molecule has 0 atom stereocenters. The molecule has 3 heterocycles. The minimum absolute atomic E-state index is 0.0704. The van der Waals surface area contributed by atoms with E-state index in [1.807, 2.05) is 0 Å². The lowest BCUT2D eigenvalue weighted by Gasteiger charge is -2.13. The quantitative estimate of drug-likeness (QED) is 0.322. The molecule has 0 aliphatic carbocycles. The fraction of sp³-hybridized carbons (Fsp3) is 0.348. The Labute approximate surface area is 213 Å². The Balaban J connectivity index is 0.000000695. The molecule has 0 bridgehead atoms. The zero-order valence-corrected chi connectivity index (χ0v) is 21.2. The van der Waals surface area contributed by atoms with Gasteiger partial charge in [0.2, 0.25) is 0 Å². The van der Waals surface area contributed by atoms with Crippen molar-refractivity contribution < 1.29 is 28.9 Å². The van der Waals surface area contributed by atoms with Crippen molar-refractivity contribution in [1.29, 1.82) is 0 Å². The Morgan fingerprint density at radius 1 is 1.16 bits per heavy atom. The molecule has 37 heavy (non-hydrogen) atoms. The average molecular weight is 536 g/mol. The monoisotopic (exact) mass is 535 g/mol. The molecule has 0 amide bonds. The molecule has 0 unspecified atom stereocenters. The number of aliphatic hydroxyl groups is 1. The van der Waals surface area contributed by atoms with Crippen molar-refractivity contribution in [3.63, 3.8) is 0 Å². The number of methoxy groups -OCH3 is 2. The minimum atomic E-state index is -1.32. The first kappa shape index (κ1) is 27.7. The number of carboxylic acid groups (broad SMARTS) is 1. The van der Waals surface area contributed by atoms with Crippen LogP contribution in [0.2, 0.25) is 0 Å². The molecule has 0 saturated heterocycles. The van der Waals surface area contributed by atoms with Gasteiger partial charge in [-0.2, -0.15) is 10.2 Å². The van der Waals surface area contributed by atoms with Crippen LogP contribution in [0.1, 0.15) is 11.1 Å². The molecule has 3 aromatic heterocycles. The van der Waals surface area contributed by atoms with E-state index in [1.165, 1.54) is 47.1 Å². The second-order valence-electron chi connectivity index (χ2n) is 7.67. The van der Waals surface area contributed by atoms with E-state index in [4.69, 9.17) is 9.84 Å². The molecule has 1 aromatic carbocycles. The first-order valence-corrected chi connectivity index (χ1v) is 11.8. The van der Waals surface area contributed by atoms with Gasteiger partial charge in [0.25, 0.3) is 5.56 Å². The van der Waals surface area contributed by atoms with E-state index in [2.05, 4.69) is 14.9 Å². The topological polar surface area (TPSA) is 151 Å². The molecular weight excluding hydrogens is 509 g/mol. The number of thiophene rings is 1. The Morgan fingerprint density at radius 2 is 1.86 bits per heavy atom. The summed E-state index contributed by atoms with van der Waals surface area (Å²) in [6.07, 6.45) is 3.18. The van der Waals surface area contributed by atoms with Crippen molar-refractivity contribution in [1.82, 2.24) is 24.1 Å². The number of benzene rings is 1. The van der Waals surface area contributed by atoms with Crippen molar-refractivity contribution in [2.75, 3.05) is 27.4 Å². The highest BCUT2D eigenvalue weighted by molar-refractivity contribution is 7.21. The third-order valence-electron chi connectivity index (χ3n) is 5.31. The normalized spacial score (nSPS) is 10.8. The third-order valence-corrected chi connectivity index (χ3v) is 6.59. The number of nitrogens with zero attached hydrogens (tertiary/aromatic N) is 5. The smallest absolute Gasteiger partial charge is 0.332 e. The van der Waals surface area contributed by atoms with Crippen LogP contribution in [0.25, 0.3) is 15.2 Å². The van der Waals surface area contributed by atoms with Crippen molar-refractivity contribution >= 4 is 27.5 Å². The summed E-state index contributed by atoms with van der Waals surface area (Å²) in [7, 11) is 3.01. The van der Waals surface area contributed by atoms with Crippen LogP contribution in [0.3, 0.4) is 0 Å². The maximum atomic E-state index is 13.8. The number of hydrogen-bond donors (Lipinski definition) is 2. The number of aryl methyl sites for hydroxylation is 3. The zero-order valence-electron chi connectivity index (χ0n) is 20.4. The van der Waals surface area contributed by atoms with E-state index in [0.29, 0.717) is 37.9 Å². The lowest BCUT2D eigenvalue weighted by atomic mass is 10.1. The van der Waals surface area contributed by atoms with Gasteiger partial charge < -0.3 is 19.7 Å². The highest BCUT2D eigenvalue weighted by Crippen LogP contribution is 2.30. The van der Waals surface area contributed by atoms with Gasteiger partial charge in [0.05, 0.1) is 38.1 Å². The molecule has 0 spiro atoms. The predicted molar refractivity (Wildman–Crippen MR) is 133 cm³/mol. The number of aromatic nitrogens is 5. The van der Waals surface area contributed by atoms with E-state index in [1.54, 1.807) is 14.0 Å². The molecule has 198 valence electrons. The van der Waals surface area contributed by atoms with Gasteiger partial charge in [0.15, 0.2) is 0 Å². The van der Waals surface area contributed by atoms with E-state index in [-0.39, 0.29) is 25.0 Å². The second kappa shape index (κ2) is 12.4. The van der Waals surface area contributed by atoms with Gasteiger partial charge in [-0.15, -0.1) is 4.80 Å². The summed E-state index contributed by atoms with van der Waals surface area (Å²) in [6, 6.07) is 4.07. The number of rotatable bonds is 9. The third kappa shape index (κ3) is 6.10. The molecule has 0 fully saturated rings. The van der Waals surface area contributed by atoms with Crippen LogP contribution in [0.5, 0.6) is 5.75 Å². The molecule has 0 aliphatic rings. The number of hydrogen-bond acceptors (Lipinski definition) is 9. The first-order valence-electron chi connectivity index (χ1n) is 11.0. The molecular formula is C23H26FN5O7S. The molecule has 0 radical (unpaired) electrons. The maximum Gasteiger partial charge on any atom is 0.332 e. The van der Waals surface area contributed by atoms with Gasteiger partial charge >= 0.3 is 11.7 Å². The molecule has 14 heteroatoms. The van der Waals surface area contributed by atoms with Crippen LogP contribution in [-0.4, -0.2) is 67.7 Å². The van der Waals surface area contributed by atoms with Crippen LogP contribution in [-0.2, 0) is 29.0 Å². The maximum absolute atomic E-state index is 13.8. The molecule has 2 N–H and O–H groups in total. The fourth-order valence-corrected chi connectivity index (χ4v) is 4.87. The number of aliphatic hydroxyl groups excluding tert-OH is 1. The highest BCUT2D eigenvalue weighted by Gasteiger charge is 2.22. The summed E-state index contributed by atoms with van der Waals surface area (Å²) < 4.78 is 25.5. The van der Waals surface area contributed by atoms with Crippen molar-refractivity contribution in [2.45, 2.75) is 26.4 Å². The number of aliphatic carboxylic acids is 1. The first-order chi connectivity index (χ1) is 17.7. The van der Waals surface area contributed by atoms with Crippen molar-refractivity contribution in [3.05, 3.63) is 68.4 Å². The Morgan fingerprint density at radius 3 is 2.43 bits per heavy atom. The second-order valence-corrected chi connectivity index (χ2v) is 8.65. The molecule has 0 aliphatic heterocycles. The van der Waals surface area contributed by atoms with Crippen LogP contribution in [0, 0.1) is 12.7 Å². The SMILES string of the molecule is COCCO.COc1ccc(F)cc1CCn1c(=O)n(CC(=O)O)c(=O)c2c(C)c(-n3nccn3)sc21. The van der Waals surface area contributed by atoms with Gasteiger partial charge in [-0.25, -0.2) is 13.8 Å². The van der Waals surface area contributed by atoms with Crippen LogP contribution in [0.15, 0.2) is 40.2 Å². The van der Waals surface area contributed by atoms with Gasteiger partial charge in [-0.05, 0) is 37.1 Å². The predicted octanol–water partition coefficient (Wildman–Crippen LogP) is 1.21. The Hall–Kier alpha value is -3.88. The van der Waals surface area contributed by atoms with Gasteiger partial charge in [0.1, 0.15) is 27.9 Å². The summed E-state index contributed by atoms with van der Waals surface area (Å²) in [4.78, 5) is 39.2. The standard InChI is InChI=1S/C20H18FN5O5S.C3H8O2/c1-11-16-17(29)25(10-15(27)28)20(30)24(19(16)32-18(11)26-22-6-7-23-26)8-5-12-9-13(21)3-4-14(12)31-2;1-5-3-2-4/h3-4,6-7,9H,5,8,10H2,1-2H3,(H,27,28);4H,2-3H2,1H3. The van der Waals surface area contributed by atoms with Gasteiger partial charge in [-0.3, -0.25) is 14.2 Å². The molecule has 4 aromatic rings. The van der Waals surface area contributed by atoms with E-state index in [0.717, 1.165) is 11.3 Å². The zero-order chi connectivity index (χ0) is 27.1. The van der Waals surface area contributed by atoms with Gasteiger partial charge in [-0.1, -0.05) is 11.3 Å². The minimum Gasteiger partial charge on any atom is -0.496 e. The summed E-state index contributed by atoms with van der Waals surface area (Å²) in [5, 5.41) is 26.1. The summed E-state index contributed by atoms with van der Waals surface area (Å²) in [6.45, 7) is 1.55. The number of halogens is 1. The lowest BCUT2D eigenvalue weighted by Crippen LogP contribution is -2.41. The van der Waals surface area contributed by atoms with Crippen LogP contribution < -0.4 is 16.0 Å². The number of fused-ring (bicyclic) bond motifs is 1. The number of ether oxygens (including phenoxy) is 2. The largest absolute Gasteiger partial charge is 0.496 e. The Bertz CT molecular complexity index is 1490. The lowest BCUT2D eigenvalue weighted by molar-refractivity contribution is -0.137. The highest BCUT2D eigenvalue weighted by atomic mass is 32.1. The summed E-state index contributed by atoms with van der Waals surface area (Å²) >= 11 is 1.15. The van der Waals surface area contributed by atoms with Crippen LogP contribution in [0.4, 0.5) is 4.39 Å². The van der Waals surface area contributed by atoms with Crippen molar-refractivity contribution in [3.8, 4) is 10.8 Å². The summed E-state index contributed by atoms with van der Waals surface area (Å²) in [5.41, 5.74) is -0.395. The van der Waals surface area contributed by atoms with E-state index < -0.39 is 29.6 Å². The summed E-state index contributed by atoms with van der Waals surface area (Å²) in [5.74, 6) is -1.31.